The molecule has 0 aliphatic rings. The summed E-state index contributed by atoms with van der Waals surface area (Å²) in [7, 11) is 0. The van der Waals surface area contributed by atoms with Crippen molar-refractivity contribution in [1.29, 1.82) is 0 Å². The third kappa shape index (κ3) is 3.81. The number of nitrogens with zero attached hydrogens (tertiary/aromatic N) is 4. The molecule has 0 fully saturated rings. The number of amides is 1. The summed E-state index contributed by atoms with van der Waals surface area (Å²) < 4.78 is 17.4. The minimum absolute atomic E-state index is 0.0720. The van der Waals surface area contributed by atoms with E-state index in [-0.39, 0.29) is 17.3 Å². The summed E-state index contributed by atoms with van der Waals surface area (Å²) in [6.45, 7) is 0. The van der Waals surface area contributed by atoms with Crippen molar-refractivity contribution in [2.24, 2.45) is 0 Å². The standard InChI is InChI=1S/C20H16FN5OS/c21-16-10-4-5-11-17(16)22-18(27)14-28-20-24-23-19(15-8-2-1-3-9-15)26(20)25-12-6-7-13-25/h1-13H,14H2,(H,22,27). The highest BCUT2D eigenvalue weighted by Gasteiger charge is 2.17. The van der Waals surface area contributed by atoms with Gasteiger partial charge >= 0.3 is 0 Å². The fourth-order valence-corrected chi connectivity index (χ4v) is 3.40. The first-order valence-corrected chi connectivity index (χ1v) is 9.52. The molecule has 6 nitrogen and oxygen atoms in total. The van der Waals surface area contributed by atoms with Crippen molar-refractivity contribution in [3.8, 4) is 11.4 Å². The van der Waals surface area contributed by atoms with Crippen LogP contribution in [0, 0.1) is 5.82 Å². The van der Waals surface area contributed by atoms with Crippen LogP contribution in [0.4, 0.5) is 10.1 Å². The third-order valence-corrected chi connectivity index (χ3v) is 4.86. The monoisotopic (exact) mass is 393 g/mol. The lowest BCUT2D eigenvalue weighted by molar-refractivity contribution is -0.113. The zero-order valence-corrected chi connectivity index (χ0v) is 15.5. The first-order valence-electron chi connectivity index (χ1n) is 8.54. The number of carbonyl (C=O) groups excluding carboxylic acids is 1. The Bertz CT molecular complexity index is 1080. The number of halogens is 1. The van der Waals surface area contributed by atoms with Gasteiger partial charge in [0.2, 0.25) is 11.1 Å². The first kappa shape index (κ1) is 18.0. The van der Waals surface area contributed by atoms with Crippen molar-refractivity contribution in [3.05, 3.63) is 84.9 Å². The zero-order valence-electron chi connectivity index (χ0n) is 14.7. The molecule has 1 N–H and O–H groups in total. The summed E-state index contributed by atoms with van der Waals surface area (Å²) in [5, 5.41) is 11.7. The molecule has 0 unspecified atom stereocenters. The Morgan fingerprint density at radius 2 is 1.68 bits per heavy atom. The molecule has 0 aliphatic heterocycles. The molecule has 4 rings (SSSR count). The second-order valence-corrected chi connectivity index (χ2v) is 6.81. The highest BCUT2D eigenvalue weighted by Crippen LogP contribution is 2.24. The van der Waals surface area contributed by atoms with Crippen molar-refractivity contribution in [1.82, 2.24) is 19.5 Å². The van der Waals surface area contributed by atoms with Gasteiger partial charge in [-0.3, -0.25) is 9.47 Å². The van der Waals surface area contributed by atoms with Gasteiger partial charge in [-0.05, 0) is 24.3 Å². The Balaban J connectivity index is 1.56. The largest absolute Gasteiger partial charge is 0.323 e. The molecule has 2 heterocycles. The molecule has 4 aromatic rings. The van der Waals surface area contributed by atoms with Gasteiger partial charge in [0.15, 0.2) is 5.82 Å². The predicted octanol–water partition coefficient (Wildman–Crippen LogP) is 3.93. The van der Waals surface area contributed by atoms with E-state index < -0.39 is 5.82 Å². The minimum atomic E-state index is -0.470. The highest BCUT2D eigenvalue weighted by atomic mass is 32.2. The van der Waals surface area contributed by atoms with Crippen molar-refractivity contribution in [3.63, 3.8) is 0 Å². The average molecular weight is 393 g/mol. The van der Waals surface area contributed by atoms with Crippen molar-refractivity contribution < 1.29 is 9.18 Å². The van der Waals surface area contributed by atoms with Gasteiger partial charge in [0.1, 0.15) is 5.82 Å². The molecule has 0 saturated heterocycles. The van der Waals surface area contributed by atoms with E-state index in [9.17, 15) is 9.18 Å². The number of thioether (sulfide) groups is 1. The maximum Gasteiger partial charge on any atom is 0.234 e. The Labute approximate surface area is 165 Å². The number of anilines is 1. The SMILES string of the molecule is O=C(CSc1nnc(-c2ccccc2)n1-n1cccc1)Nc1ccccc1F. The van der Waals surface area contributed by atoms with Crippen LogP contribution in [0.15, 0.2) is 84.3 Å². The summed E-state index contributed by atoms with van der Waals surface area (Å²) in [5.74, 6) is -0.0577. The summed E-state index contributed by atoms with van der Waals surface area (Å²) in [6, 6.07) is 19.5. The van der Waals surface area contributed by atoms with E-state index in [1.807, 2.05) is 64.2 Å². The molecule has 8 heteroatoms. The van der Waals surface area contributed by atoms with Crippen LogP contribution >= 0.6 is 11.8 Å². The average Bonchev–Trinajstić information content (AvgIpc) is 3.38. The second-order valence-electron chi connectivity index (χ2n) is 5.86. The molecular formula is C20H16FN5OS. The Morgan fingerprint density at radius 3 is 2.43 bits per heavy atom. The van der Waals surface area contributed by atoms with E-state index in [2.05, 4.69) is 15.5 Å². The molecule has 2 aromatic heterocycles. The summed E-state index contributed by atoms with van der Waals surface area (Å²) in [6.07, 6.45) is 3.75. The first-order chi connectivity index (χ1) is 13.7. The molecule has 2 aromatic carbocycles. The number of rotatable bonds is 6. The Kier molecular flexibility index (Phi) is 5.20. The molecule has 0 saturated carbocycles. The summed E-state index contributed by atoms with van der Waals surface area (Å²) in [4.78, 5) is 12.2. The fourth-order valence-electron chi connectivity index (χ4n) is 2.67. The summed E-state index contributed by atoms with van der Waals surface area (Å²) >= 11 is 1.23. The van der Waals surface area contributed by atoms with Gasteiger partial charge in [-0.25, -0.2) is 9.07 Å². The maximum absolute atomic E-state index is 13.7. The fraction of sp³-hybridized carbons (Fsp3) is 0.0500. The van der Waals surface area contributed by atoms with Gasteiger partial charge in [0.25, 0.3) is 0 Å². The van der Waals surface area contributed by atoms with E-state index in [0.717, 1.165) is 5.56 Å². The molecule has 28 heavy (non-hydrogen) atoms. The van der Waals surface area contributed by atoms with Gasteiger partial charge in [0.05, 0.1) is 11.4 Å². The van der Waals surface area contributed by atoms with Crippen molar-refractivity contribution >= 4 is 23.4 Å². The lowest BCUT2D eigenvalue weighted by Gasteiger charge is -2.11. The number of hydrogen-bond acceptors (Lipinski definition) is 4. The van der Waals surface area contributed by atoms with Crippen LogP contribution < -0.4 is 5.32 Å². The van der Waals surface area contributed by atoms with E-state index in [4.69, 9.17) is 0 Å². The molecular weight excluding hydrogens is 377 g/mol. The number of aromatic nitrogens is 4. The molecule has 0 spiro atoms. The Morgan fingerprint density at radius 1 is 0.964 bits per heavy atom. The van der Waals surface area contributed by atoms with Gasteiger partial charge in [0, 0.05) is 18.0 Å². The molecule has 140 valence electrons. The third-order valence-electron chi connectivity index (χ3n) is 3.94. The van der Waals surface area contributed by atoms with Crippen LogP contribution in [0.5, 0.6) is 0 Å². The number of hydrogen-bond donors (Lipinski definition) is 1. The number of nitrogens with one attached hydrogen (secondary N) is 1. The van der Waals surface area contributed by atoms with Crippen LogP contribution in [0.25, 0.3) is 11.4 Å². The van der Waals surface area contributed by atoms with Crippen LogP contribution in [0.2, 0.25) is 0 Å². The smallest absolute Gasteiger partial charge is 0.234 e. The van der Waals surface area contributed by atoms with E-state index >= 15 is 0 Å². The minimum Gasteiger partial charge on any atom is -0.323 e. The number of carbonyl (C=O) groups is 1. The van der Waals surface area contributed by atoms with Gasteiger partial charge in [-0.2, -0.15) is 0 Å². The quantitative estimate of drug-likeness (QED) is 0.504. The second kappa shape index (κ2) is 8.10. The maximum atomic E-state index is 13.7. The number of benzene rings is 2. The van der Waals surface area contributed by atoms with Gasteiger partial charge < -0.3 is 5.32 Å². The zero-order chi connectivity index (χ0) is 19.3. The lowest BCUT2D eigenvalue weighted by Crippen LogP contribution is -2.16. The van der Waals surface area contributed by atoms with Crippen LogP contribution in [-0.2, 0) is 4.79 Å². The number of para-hydroxylation sites is 1. The normalized spacial score (nSPS) is 10.8. The van der Waals surface area contributed by atoms with Crippen LogP contribution in [-0.4, -0.2) is 31.2 Å². The predicted molar refractivity (Wildman–Crippen MR) is 106 cm³/mol. The Hall–Kier alpha value is -3.39. The van der Waals surface area contributed by atoms with E-state index in [0.29, 0.717) is 11.0 Å². The van der Waals surface area contributed by atoms with Gasteiger partial charge in [-0.15, -0.1) is 10.2 Å². The lowest BCUT2D eigenvalue weighted by atomic mass is 10.2. The van der Waals surface area contributed by atoms with Gasteiger partial charge in [-0.1, -0.05) is 54.2 Å². The van der Waals surface area contributed by atoms with E-state index in [1.165, 1.54) is 23.9 Å². The molecule has 0 atom stereocenters. The van der Waals surface area contributed by atoms with Crippen molar-refractivity contribution in [2.45, 2.75) is 5.16 Å². The molecule has 0 radical (unpaired) electrons. The highest BCUT2D eigenvalue weighted by molar-refractivity contribution is 7.99. The molecule has 0 bridgehead atoms. The molecule has 0 aliphatic carbocycles. The topological polar surface area (TPSA) is 64.7 Å². The summed E-state index contributed by atoms with van der Waals surface area (Å²) in [5.41, 5.74) is 1.07. The molecule has 1 amide bonds. The van der Waals surface area contributed by atoms with Crippen molar-refractivity contribution in [2.75, 3.05) is 11.1 Å². The van der Waals surface area contributed by atoms with Crippen LogP contribution in [0.3, 0.4) is 0 Å². The van der Waals surface area contributed by atoms with Crippen LogP contribution in [0.1, 0.15) is 0 Å². The van der Waals surface area contributed by atoms with E-state index in [1.54, 1.807) is 12.1 Å².